The Morgan fingerprint density at radius 3 is 2.77 bits per heavy atom. The van der Waals surface area contributed by atoms with Gasteiger partial charge in [-0.1, -0.05) is 6.07 Å². The van der Waals surface area contributed by atoms with Crippen LogP contribution >= 0.6 is 13.5 Å². The Hall–Kier alpha value is -0.840. The van der Waals surface area contributed by atoms with E-state index in [0.29, 0.717) is 6.04 Å². The molecule has 4 heteroatoms. The highest BCUT2D eigenvalue weighted by Crippen LogP contribution is 2.59. The first-order valence-electron chi connectivity index (χ1n) is 8.26. The number of aliphatic imine (C=N–C) groups is 1. The lowest BCUT2D eigenvalue weighted by molar-refractivity contribution is 0.151. The summed E-state index contributed by atoms with van der Waals surface area (Å²) in [6.07, 6.45) is 3.26. The summed E-state index contributed by atoms with van der Waals surface area (Å²) in [5.74, 6) is 2.60. The molecule has 22 heavy (non-hydrogen) atoms. The lowest BCUT2D eigenvalue weighted by Gasteiger charge is -2.25. The van der Waals surface area contributed by atoms with Gasteiger partial charge in [0.15, 0.2) is 0 Å². The topological polar surface area (TPSA) is 24.8 Å². The summed E-state index contributed by atoms with van der Waals surface area (Å²) in [6.45, 7) is 7.66. The highest BCUT2D eigenvalue weighted by Gasteiger charge is 2.57. The predicted octanol–water partition coefficient (Wildman–Crippen LogP) is 2.47. The maximum Gasteiger partial charge on any atom is 0.0646 e. The fraction of sp³-hybridized carbons (Fsp3) is 0.611. The van der Waals surface area contributed by atoms with Crippen LogP contribution in [-0.4, -0.2) is 43.5 Å². The standard InChI is InChI=1S/C18H22N2O.H2S/c1-11-4-12-6-19-7-13(12)5-15(11)18-16-8-20(9-17(16)18)14-2-3-21-10-14;/h4-6,14,16-18H,2-3,7-10H2,1H3;1H2/t14-,16?,17?,18?;/m0./s1. The fourth-order valence-electron chi connectivity index (χ4n) is 4.78. The van der Waals surface area contributed by atoms with Crippen LogP contribution in [0.3, 0.4) is 0 Å². The normalized spacial score (nSPS) is 35.3. The van der Waals surface area contributed by atoms with Crippen molar-refractivity contribution in [1.82, 2.24) is 4.90 Å². The summed E-state index contributed by atoms with van der Waals surface area (Å²) in [5.41, 5.74) is 5.85. The molecule has 2 unspecified atom stereocenters. The van der Waals surface area contributed by atoms with E-state index in [0.717, 1.165) is 37.5 Å². The lowest BCUT2D eigenvalue weighted by Crippen LogP contribution is -2.35. The third-order valence-electron chi connectivity index (χ3n) is 6.02. The largest absolute Gasteiger partial charge is 0.380 e. The number of rotatable bonds is 2. The number of likely N-dealkylation sites (tertiary alicyclic amines) is 1. The van der Waals surface area contributed by atoms with Crippen molar-refractivity contribution in [2.45, 2.75) is 31.8 Å². The molecule has 2 saturated heterocycles. The van der Waals surface area contributed by atoms with E-state index >= 15 is 0 Å². The number of aryl methyl sites for hydroxylation is 1. The van der Waals surface area contributed by atoms with Crippen molar-refractivity contribution in [3.63, 3.8) is 0 Å². The minimum Gasteiger partial charge on any atom is -0.380 e. The van der Waals surface area contributed by atoms with Crippen molar-refractivity contribution in [2.75, 3.05) is 26.3 Å². The molecular formula is C18H24N2OS. The van der Waals surface area contributed by atoms with E-state index < -0.39 is 0 Å². The molecule has 0 N–H and O–H groups in total. The van der Waals surface area contributed by atoms with E-state index in [2.05, 4.69) is 28.9 Å². The van der Waals surface area contributed by atoms with Gasteiger partial charge in [-0.25, -0.2) is 0 Å². The summed E-state index contributed by atoms with van der Waals surface area (Å²) < 4.78 is 5.55. The number of hydrogen-bond donors (Lipinski definition) is 0. The smallest absolute Gasteiger partial charge is 0.0646 e. The molecule has 5 rings (SSSR count). The van der Waals surface area contributed by atoms with E-state index in [9.17, 15) is 0 Å². The number of piperidine rings is 1. The van der Waals surface area contributed by atoms with Crippen LogP contribution < -0.4 is 0 Å². The molecule has 4 aliphatic rings. The summed E-state index contributed by atoms with van der Waals surface area (Å²) >= 11 is 0. The quantitative estimate of drug-likeness (QED) is 0.837. The predicted molar refractivity (Wildman–Crippen MR) is 93.4 cm³/mol. The molecule has 1 aromatic carbocycles. The molecule has 0 amide bonds. The molecule has 1 aliphatic carbocycles. The molecule has 3 fully saturated rings. The fourth-order valence-corrected chi connectivity index (χ4v) is 4.78. The maximum absolute atomic E-state index is 5.55. The Morgan fingerprint density at radius 1 is 1.23 bits per heavy atom. The molecule has 3 aliphatic heterocycles. The Bertz CT molecular complexity index is 612. The van der Waals surface area contributed by atoms with Crippen LogP contribution in [0.15, 0.2) is 17.1 Å². The molecule has 118 valence electrons. The molecule has 1 aromatic rings. The van der Waals surface area contributed by atoms with Crippen LogP contribution in [0.25, 0.3) is 0 Å². The summed E-state index contributed by atoms with van der Waals surface area (Å²) in [7, 11) is 0. The van der Waals surface area contributed by atoms with Gasteiger partial charge in [0.1, 0.15) is 0 Å². The highest BCUT2D eigenvalue weighted by atomic mass is 32.1. The SMILES string of the molecule is Cc1cc2c(cc1C1C3CN([C@H]4CCOC4)CC31)CN=C2.S. The first kappa shape index (κ1) is 14.7. The zero-order valence-corrected chi connectivity index (χ0v) is 14.1. The number of ether oxygens (including phenoxy) is 1. The van der Waals surface area contributed by atoms with Crippen molar-refractivity contribution in [2.24, 2.45) is 16.8 Å². The Kier molecular flexibility index (Phi) is 3.59. The summed E-state index contributed by atoms with van der Waals surface area (Å²) in [6, 6.07) is 5.49. The van der Waals surface area contributed by atoms with E-state index in [1.54, 1.807) is 5.56 Å². The van der Waals surface area contributed by atoms with Gasteiger partial charge in [-0.15, -0.1) is 0 Å². The molecule has 0 bridgehead atoms. The van der Waals surface area contributed by atoms with Crippen LogP contribution in [0.5, 0.6) is 0 Å². The van der Waals surface area contributed by atoms with Crippen molar-refractivity contribution in [3.05, 3.63) is 34.4 Å². The average molecular weight is 316 g/mol. The van der Waals surface area contributed by atoms with Gasteiger partial charge < -0.3 is 4.74 Å². The van der Waals surface area contributed by atoms with Crippen LogP contribution in [0.2, 0.25) is 0 Å². The van der Waals surface area contributed by atoms with Crippen LogP contribution in [-0.2, 0) is 11.3 Å². The molecule has 0 radical (unpaired) electrons. The zero-order chi connectivity index (χ0) is 14.0. The van der Waals surface area contributed by atoms with Gasteiger partial charge in [0.25, 0.3) is 0 Å². The third-order valence-corrected chi connectivity index (χ3v) is 6.02. The van der Waals surface area contributed by atoms with Gasteiger partial charge in [0.2, 0.25) is 0 Å². The van der Waals surface area contributed by atoms with Gasteiger partial charge in [-0.2, -0.15) is 13.5 Å². The summed E-state index contributed by atoms with van der Waals surface area (Å²) in [4.78, 5) is 7.09. The first-order chi connectivity index (χ1) is 10.3. The van der Waals surface area contributed by atoms with Gasteiger partial charge in [0.05, 0.1) is 13.2 Å². The maximum atomic E-state index is 5.55. The number of hydrogen-bond acceptors (Lipinski definition) is 3. The van der Waals surface area contributed by atoms with Gasteiger partial charge in [0, 0.05) is 32.0 Å². The van der Waals surface area contributed by atoms with Crippen LogP contribution in [0.4, 0.5) is 0 Å². The van der Waals surface area contributed by atoms with E-state index in [-0.39, 0.29) is 13.5 Å². The minimum atomic E-state index is 0. The Morgan fingerprint density at radius 2 is 2.05 bits per heavy atom. The number of fused-ring (bicyclic) bond motifs is 2. The van der Waals surface area contributed by atoms with Gasteiger partial charge >= 0.3 is 0 Å². The average Bonchev–Trinajstić information content (AvgIpc) is 3.01. The van der Waals surface area contributed by atoms with Crippen LogP contribution in [0.1, 0.15) is 34.6 Å². The van der Waals surface area contributed by atoms with Crippen molar-refractivity contribution < 1.29 is 4.74 Å². The van der Waals surface area contributed by atoms with E-state index in [1.165, 1.54) is 36.2 Å². The van der Waals surface area contributed by atoms with Gasteiger partial charge in [-0.3, -0.25) is 9.89 Å². The Labute approximate surface area is 139 Å². The molecule has 3 nitrogen and oxygen atoms in total. The second-order valence-corrected chi connectivity index (χ2v) is 7.20. The Balaban J connectivity index is 0.00000125. The van der Waals surface area contributed by atoms with Crippen LogP contribution in [0, 0.1) is 18.8 Å². The monoisotopic (exact) mass is 316 g/mol. The molecule has 3 heterocycles. The van der Waals surface area contributed by atoms with Gasteiger partial charge in [-0.05, 0) is 59.4 Å². The number of nitrogens with zero attached hydrogens (tertiary/aromatic N) is 2. The van der Waals surface area contributed by atoms with E-state index in [1.807, 2.05) is 6.21 Å². The molecular weight excluding hydrogens is 292 g/mol. The second-order valence-electron chi connectivity index (χ2n) is 7.20. The second kappa shape index (κ2) is 5.36. The third kappa shape index (κ3) is 2.15. The van der Waals surface area contributed by atoms with E-state index in [4.69, 9.17) is 4.74 Å². The number of benzene rings is 1. The molecule has 1 saturated carbocycles. The molecule has 0 spiro atoms. The highest BCUT2D eigenvalue weighted by molar-refractivity contribution is 7.59. The van der Waals surface area contributed by atoms with Crippen molar-refractivity contribution in [1.29, 1.82) is 0 Å². The summed E-state index contributed by atoms with van der Waals surface area (Å²) in [5, 5.41) is 0. The minimum absolute atomic E-state index is 0. The van der Waals surface area contributed by atoms with Crippen molar-refractivity contribution >= 4 is 19.7 Å². The van der Waals surface area contributed by atoms with Crippen molar-refractivity contribution in [3.8, 4) is 0 Å². The zero-order valence-electron chi connectivity index (χ0n) is 13.1. The molecule has 3 atom stereocenters. The first-order valence-corrected chi connectivity index (χ1v) is 8.26. The molecule has 0 aromatic heterocycles. The lowest BCUT2D eigenvalue weighted by atomic mass is 9.95.